The van der Waals surface area contributed by atoms with E-state index in [2.05, 4.69) is 35.8 Å². The van der Waals surface area contributed by atoms with Crippen LogP contribution in [0.1, 0.15) is 32.9 Å². The number of benzene rings is 2. The minimum atomic E-state index is -0.586. The van der Waals surface area contributed by atoms with Crippen LogP contribution in [0.4, 0.5) is 21.6 Å². The fraction of sp³-hybridized carbons (Fsp3) is 0.364. The molecule has 3 heterocycles. The Hall–Kier alpha value is -4.66. The first kappa shape index (κ1) is 33.7. The summed E-state index contributed by atoms with van der Waals surface area (Å²) < 4.78 is 31.9. The molecule has 12 nitrogen and oxygen atoms in total. The quantitative estimate of drug-likeness (QED) is 0.168. The lowest BCUT2D eigenvalue weighted by molar-refractivity contribution is -0.121. The Morgan fingerprint density at radius 3 is 2.70 bits per heavy atom. The van der Waals surface area contributed by atoms with Crippen LogP contribution in [0.3, 0.4) is 0 Å². The fourth-order valence-corrected chi connectivity index (χ4v) is 5.71. The van der Waals surface area contributed by atoms with Gasteiger partial charge in [-0.1, -0.05) is 17.4 Å². The topological polar surface area (TPSA) is 140 Å². The maximum absolute atomic E-state index is 15.3. The fourth-order valence-electron chi connectivity index (χ4n) is 5.02. The SMILES string of the molecule is COc1cc2ncnc(Nc3ccc(Oc4nc(CC(=O)NC(C)(C)C)cs4)cc3F)c2cc1NC(=O)/C=C/CN1CC[C@@H](OC)C1. The smallest absolute Gasteiger partial charge is 0.278 e. The number of amides is 2. The Kier molecular flexibility index (Phi) is 10.6. The Morgan fingerprint density at radius 1 is 1.15 bits per heavy atom. The molecule has 1 atom stereocenters. The van der Waals surface area contributed by atoms with E-state index in [0.717, 1.165) is 19.5 Å². The predicted molar refractivity (Wildman–Crippen MR) is 179 cm³/mol. The second-order valence-electron chi connectivity index (χ2n) is 12.0. The first-order chi connectivity index (χ1) is 22.5. The van der Waals surface area contributed by atoms with E-state index in [1.807, 2.05) is 26.8 Å². The minimum absolute atomic E-state index is 0.115. The van der Waals surface area contributed by atoms with Gasteiger partial charge in [-0.2, -0.15) is 0 Å². The highest BCUT2D eigenvalue weighted by atomic mass is 32.1. The van der Waals surface area contributed by atoms with Crippen LogP contribution >= 0.6 is 11.3 Å². The van der Waals surface area contributed by atoms with Crippen LogP contribution in [-0.4, -0.2) is 77.2 Å². The zero-order valence-corrected chi connectivity index (χ0v) is 27.7. The molecule has 0 saturated carbocycles. The highest BCUT2D eigenvalue weighted by Crippen LogP contribution is 2.34. The van der Waals surface area contributed by atoms with E-state index < -0.39 is 5.82 Å². The zero-order chi connectivity index (χ0) is 33.6. The lowest BCUT2D eigenvalue weighted by Gasteiger charge is -2.19. The summed E-state index contributed by atoms with van der Waals surface area (Å²) in [6.07, 6.45) is 5.96. The lowest BCUT2D eigenvalue weighted by Crippen LogP contribution is -2.41. The van der Waals surface area contributed by atoms with Gasteiger partial charge in [0, 0.05) is 61.3 Å². The monoisotopic (exact) mass is 663 g/mol. The van der Waals surface area contributed by atoms with Gasteiger partial charge in [0.2, 0.25) is 11.8 Å². The maximum atomic E-state index is 15.3. The molecule has 0 radical (unpaired) electrons. The lowest BCUT2D eigenvalue weighted by atomic mass is 10.1. The van der Waals surface area contributed by atoms with Gasteiger partial charge < -0.3 is 30.2 Å². The number of nitrogens with one attached hydrogen (secondary N) is 3. The molecular weight excluding hydrogens is 625 g/mol. The molecule has 2 aromatic carbocycles. The zero-order valence-electron chi connectivity index (χ0n) is 26.9. The minimum Gasteiger partial charge on any atom is -0.494 e. The maximum Gasteiger partial charge on any atom is 0.278 e. The van der Waals surface area contributed by atoms with Crippen LogP contribution in [0.15, 0.2) is 54.2 Å². The summed E-state index contributed by atoms with van der Waals surface area (Å²) in [6.45, 7) is 8.11. The molecule has 47 heavy (non-hydrogen) atoms. The molecule has 3 N–H and O–H groups in total. The first-order valence-corrected chi connectivity index (χ1v) is 15.9. The molecule has 0 unspecified atom stereocenters. The van der Waals surface area contributed by atoms with E-state index in [1.54, 1.807) is 30.7 Å². The van der Waals surface area contributed by atoms with Crippen molar-refractivity contribution in [3.63, 3.8) is 0 Å². The molecule has 0 spiro atoms. The van der Waals surface area contributed by atoms with Gasteiger partial charge in [0.1, 0.15) is 29.5 Å². The third-order valence-corrected chi connectivity index (χ3v) is 7.96. The van der Waals surface area contributed by atoms with E-state index in [1.165, 1.54) is 43.0 Å². The summed E-state index contributed by atoms with van der Waals surface area (Å²) in [5.41, 5.74) is 1.31. The van der Waals surface area contributed by atoms with Gasteiger partial charge in [0.15, 0.2) is 0 Å². The number of carbonyl (C=O) groups is 2. The highest BCUT2D eigenvalue weighted by molar-refractivity contribution is 7.11. The van der Waals surface area contributed by atoms with Crippen molar-refractivity contribution in [1.29, 1.82) is 0 Å². The number of anilines is 3. The van der Waals surface area contributed by atoms with Crippen molar-refractivity contribution in [2.24, 2.45) is 0 Å². The molecule has 248 valence electrons. The molecule has 4 aromatic rings. The molecule has 2 amide bonds. The van der Waals surface area contributed by atoms with Gasteiger partial charge in [-0.05, 0) is 45.4 Å². The van der Waals surface area contributed by atoms with E-state index in [-0.39, 0.29) is 41.3 Å². The molecule has 1 aliphatic heterocycles. The second kappa shape index (κ2) is 14.8. The number of carbonyl (C=O) groups excluding carboxylic acids is 2. The summed E-state index contributed by atoms with van der Waals surface area (Å²) in [5, 5.41) is 11.3. The third-order valence-electron chi connectivity index (χ3n) is 7.20. The van der Waals surface area contributed by atoms with E-state index >= 15 is 4.39 Å². The van der Waals surface area contributed by atoms with Gasteiger partial charge >= 0.3 is 0 Å². The molecular formula is C33H38FN7O5S. The Bertz CT molecular complexity index is 1770. The number of hydrogen-bond acceptors (Lipinski definition) is 11. The van der Waals surface area contributed by atoms with Gasteiger partial charge in [-0.15, -0.1) is 0 Å². The summed E-state index contributed by atoms with van der Waals surface area (Å²) in [4.78, 5) is 40.2. The standard InChI is InChI=1S/C33H38FN7O5S/c1-33(2,3)40-30(43)13-20-18-47-32(37-20)46-21-8-9-25(24(34)14-21)39-31-23-15-27(28(45-5)16-26(23)35-19-36-31)38-29(42)7-6-11-41-12-10-22(17-41)44-4/h6-9,14-16,18-19,22H,10-13,17H2,1-5H3,(H,38,42)(H,40,43)(H,35,36,39)/b7-6+/t22-/m1/s1. The molecule has 1 aliphatic rings. The van der Waals surface area contributed by atoms with Crippen molar-refractivity contribution in [1.82, 2.24) is 25.2 Å². The number of methoxy groups -OCH3 is 2. The molecule has 0 aliphatic carbocycles. The van der Waals surface area contributed by atoms with Crippen molar-refractivity contribution in [2.75, 3.05) is 44.5 Å². The van der Waals surface area contributed by atoms with Crippen molar-refractivity contribution in [2.45, 2.75) is 45.3 Å². The molecule has 1 fully saturated rings. The van der Waals surface area contributed by atoms with Crippen molar-refractivity contribution >= 4 is 51.2 Å². The van der Waals surface area contributed by atoms with E-state index in [0.29, 0.717) is 45.6 Å². The highest BCUT2D eigenvalue weighted by Gasteiger charge is 2.21. The Balaban J connectivity index is 1.26. The largest absolute Gasteiger partial charge is 0.494 e. The predicted octanol–water partition coefficient (Wildman–Crippen LogP) is 5.44. The average molecular weight is 664 g/mol. The van der Waals surface area contributed by atoms with Crippen LogP contribution in [0.25, 0.3) is 10.9 Å². The van der Waals surface area contributed by atoms with Gasteiger partial charge in [-0.3, -0.25) is 14.5 Å². The summed E-state index contributed by atoms with van der Waals surface area (Å²) in [7, 11) is 3.21. The molecule has 0 bridgehead atoms. The van der Waals surface area contributed by atoms with Crippen molar-refractivity contribution in [3.8, 4) is 16.7 Å². The number of ether oxygens (including phenoxy) is 3. The second-order valence-corrected chi connectivity index (χ2v) is 12.9. The molecule has 1 saturated heterocycles. The van der Waals surface area contributed by atoms with Crippen LogP contribution in [-0.2, 0) is 20.7 Å². The van der Waals surface area contributed by atoms with Gasteiger partial charge in [0.05, 0.1) is 42.2 Å². The molecule has 14 heteroatoms. The number of thiazole rings is 1. The normalized spacial score (nSPS) is 15.2. The first-order valence-electron chi connectivity index (χ1n) is 15.0. The van der Waals surface area contributed by atoms with Crippen molar-refractivity contribution in [3.05, 3.63) is 65.7 Å². The third kappa shape index (κ3) is 9.21. The number of nitrogens with zero attached hydrogens (tertiary/aromatic N) is 4. The van der Waals surface area contributed by atoms with Crippen LogP contribution < -0.4 is 25.4 Å². The number of likely N-dealkylation sites (tertiary alicyclic amines) is 1. The van der Waals surface area contributed by atoms with Gasteiger partial charge in [-0.25, -0.2) is 19.3 Å². The number of rotatable bonds is 12. The summed E-state index contributed by atoms with van der Waals surface area (Å²) in [6, 6.07) is 7.72. The van der Waals surface area contributed by atoms with Gasteiger partial charge in [0.25, 0.3) is 5.19 Å². The number of hydrogen-bond donors (Lipinski definition) is 3. The van der Waals surface area contributed by atoms with Crippen molar-refractivity contribution < 1.29 is 28.2 Å². The number of aromatic nitrogens is 3. The Morgan fingerprint density at radius 2 is 1.98 bits per heavy atom. The van der Waals surface area contributed by atoms with Crippen LogP contribution in [0, 0.1) is 5.82 Å². The van der Waals surface area contributed by atoms with Crippen LogP contribution in [0.5, 0.6) is 16.7 Å². The molecule has 2 aromatic heterocycles. The number of halogens is 1. The van der Waals surface area contributed by atoms with E-state index in [4.69, 9.17) is 14.2 Å². The van der Waals surface area contributed by atoms with Crippen LogP contribution in [0.2, 0.25) is 0 Å². The Labute approximate surface area is 276 Å². The number of fused-ring (bicyclic) bond motifs is 1. The average Bonchev–Trinajstić information content (AvgIpc) is 3.66. The molecule has 5 rings (SSSR count). The van der Waals surface area contributed by atoms with E-state index in [9.17, 15) is 9.59 Å². The summed E-state index contributed by atoms with van der Waals surface area (Å²) >= 11 is 1.22. The summed E-state index contributed by atoms with van der Waals surface area (Å²) in [5.74, 6) is -0.0645.